The van der Waals surface area contributed by atoms with Gasteiger partial charge in [0.05, 0.1) is 23.7 Å². The maximum atomic E-state index is 13.6. The molecule has 0 saturated heterocycles. The van der Waals surface area contributed by atoms with Crippen LogP contribution in [0.4, 0.5) is 33.3 Å². The van der Waals surface area contributed by atoms with E-state index in [1.54, 1.807) is 54.6 Å². The quantitative estimate of drug-likeness (QED) is 0.0299. The van der Waals surface area contributed by atoms with Crippen LogP contribution in [-0.2, 0) is 34.1 Å². The second-order valence-corrected chi connectivity index (χ2v) is 13.2. The Hall–Kier alpha value is -6.76. The first-order valence-corrected chi connectivity index (χ1v) is 18.3. The molecule has 15 heteroatoms. The van der Waals surface area contributed by atoms with Gasteiger partial charge in [0, 0.05) is 29.0 Å². The fourth-order valence-electron chi connectivity index (χ4n) is 5.90. The van der Waals surface area contributed by atoms with Gasteiger partial charge in [-0.05, 0) is 66.8 Å². The van der Waals surface area contributed by atoms with Gasteiger partial charge in [0.2, 0.25) is 17.2 Å². The molecule has 0 spiro atoms. The molecule has 7 rings (SSSR count). The van der Waals surface area contributed by atoms with Crippen LogP contribution >= 0.6 is 0 Å². The Morgan fingerprint density at radius 3 is 1.68 bits per heavy atom. The molecule has 0 saturated carbocycles. The van der Waals surface area contributed by atoms with Crippen molar-refractivity contribution < 1.29 is 65.7 Å². The van der Waals surface area contributed by atoms with E-state index in [1.807, 2.05) is 69.3 Å². The molecule has 8 nitrogen and oxygen atoms in total. The van der Waals surface area contributed by atoms with E-state index in [0.717, 1.165) is 34.0 Å². The molecule has 0 fully saturated rings. The van der Waals surface area contributed by atoms with Gasteiger partial charge in [-0.25, -0.2) is 26.9 Å². The largest absolute Gasteiger partial charge is 1.00 e. The summed E-state index contributed by atoms with van der Waals surface area (Å²) in [5, 5.41) is 0. The zero-order valence-electron chi connectivity index (χ0n) is 33.5. The molecule has 2 heterocycles. The predicted octanol–water partition coefficient (Wildman–Crippen LogP) is 10.5. The van der Waals surface area contributed by atoms with Gasteiger partial charge in [0.15, 0.2) is 29.1 Å². The van der Waals surface area contributed by atoms with Crippen LogP contribution in [0.25, 0.3) is 22.4 Å². The van der Waals surface area contributed by atoms with E-state index < -0.39 is 51.7 Å². The minimum absolute atomic E-state index is 0. The number of nitrogens with zero attached hydrogens (tertiary/aromatic N) is 2. The SMILES string of the molecule is Cc1cc(C)c(N=CC(=O)c2cc[nH]c(=O)c2-c2[c-]cccc2)c(C)c1.O=C(C=Nc1c(F)c(F)c(F)c(F)c1F)c1ccc(-c2ccccc2)[nH]c1=O.[CH2-]c1ccccc1.[Cu+].[Fe]. The molecule has 326 valence electrons. The molecule has 0 radical (unpaired) electrons. The number of pyridine rings is 2. The molecule has 0 amide bonds. The zero-order chi connectivity index (χ0) is 44.2. The van der Waals surface area contributed by atoms with Crippen LogP contribution in [0.2, 0.25) is 0 Å². The minimum atomic E-state index is -2.34. The van der Waals surface area contributed by atoms with Crippen molar-refractivity contribution in [2.75, 3.05) is 0 Å². The predicted molar refractivity (Wildman–Crippen MR) is 227 cm³/mol. The smallest absolute Gasteiger partial charge is 0.336 e. The Bertz CT molecular complexity index is 2840. The number of ketones is 2. The Morgan fingerprint density at radius 2 is 1.16 bits per heavy atom. The van der Waals surface area contributed by atoms with Gasteiger partial charge in [0.25, 0.3) is 5.56 Å². The number of benzene rings is 5. The summed E-state index contributed by atoms with van der Waals surface area (Å²) in [6.07, 6.45) is 3.06. The number of nitrogens with one attached hydrogen (secondary N) is 2. The fourth-order valence-corrected chi connectivity index (χ4v) is 5.90. The fraction of sp³-hybridized carbons (Fsp3) is 0.0625. The van der Waals surface area contributed by atoms with Crippen molar-refractivity contribution in [2.24, 2.45) is 9.98 Å². The number of hydrogen-bond donors (Lipinski definition) is 2. The second-order valence-electron chi connectivity index (χ2n) is 13.2. The van der Waals surface area contributed by atoms with E-state index in [0.29, 0.717) is 34.2 Å². The van der Waals surface area contributed by atoms with E-state index in [1.165, 1.54) is 18.5 Å². The number of aryl methyl sites for hydroxylation is 3. The van der Waals surface area contributed by atoms with Crippen LogP contribution < -0.4 is 11.1 Å². The van der Waals surface area contributed by atoms with Gasteiger partial charge in [-0.3, -0.25) is 24.2 Å². The second kappa shape index (κ2) is 23.5. The molecular formula is C48H35CuF5FeN4O4-. The first kappa shape index (κ1) is 50.6. The molecule has 2 N–H and O–H groups in total. The molecule has 63 heavy (non-hydrogen) atoms. The molecule has 0 aliphatic heterocycles. The Balaban J connectivity index is 0.000000283. The van der Waals surface area contributed by atoms with Crippen molar-refractivity contribution in [2.45, 2.75) is 20.8 Å². The first-order chi connectivity index (χ1) is 29.2. The van der Waals surface area contributed by atoms with Crippen molar-refractivity contribution in [3.63, 3.8) is 0 Å². The van der Waals surface area contributed by atoms with E-state index in [-0.39, 0.29) is 45.5 Å². The third-order valence-corrected chi connectivity index (χ3v) is 8.75. The van der Waals surface area contributed by atoms with Crippen molar-refractivity contribution in [3.05, 3.63) is 218 Å². The molecule has 7 aromatic rings. The van der Waals surface area contributed by atoms with E-state index in [2.05, 4.69) is 32.9 Å². The summed E-state index contributed by atoms with van der Waals surface area (Å²) in [4.78, 5) is 61.7. The Morgan fingerprint density at radius 1 is 0.635 bits per heavy atom. The van der Waals surface area contributed by atoms with Crippen LogP contribution in [0.5, 0.6) is 0 Å². The number of aromatic nitrogens is 2. The van der Waals surface area contributed by atoms with E-state index >= 15 is 0 Å². The zero-order valence-corrected chi connectivity index (χ0v) is 35.5. The van der Waals surface area contributed by atoms with Crippen LogP contribution in [0.15, 0.2) is 141 Å². The molecular weight excluding hydrogens is 911 g/mol. The first-order valence-electron chi connectivity index (χ1n) is 18.3. The summed E-state index contributed by atoms with van der Waals surface area (Å²) in [5.41, 5.74) is 4.22. The number of H-pyrrole nitrogens is 2. The van der Waals surface area contributed by atoms with Crippen LogP contribution in [0.3, 0.4) is 0 Å². The average Bonchev–Trinajstić information content (AvgIpc) is 3.25. The molecule has 2 aromatic heterocycles. The Kier molecular flexibility index (Phi) is 18.8. The van der Waals surface area contributed by atoms with Crippen molar-refractivity contribution in [3.8, 4) is 22.4 Å². The van der Waals surface area contributed by atoms with Crippen molar-refractivity contribution in [1.82, 2.24) is 9.97 Å². The van der Waals surface area contributed by atoms with Gasteiger partial charge < -0.3 is 9.97 Å². The number of Topliss-reactive ketones (excluding diaryl/α,β-unsaturated/α-hetero) is 2. The van der Waals surface area contributed by atoms with E-state index in [9.17, 15) is 41.1 Å². The third-order valence-electron chi connectivity index (χ3n) is 8.75. The van der Waals surface area contributed by atoms with Gasteiger partial charge in [-0.15, -0.1) is 48.0 Å². The summed E-state index contributed by atoms with van der Waals surface area (Å²) >= 11 is 0. The van der Waals surface area contributed by atoms with Crippen molar-refractivity contribution >= 4 is 35.4 Å². The summed E-state index contributed by atoms with van der Waals surface area (Å²) in [6.45, 7) is 9.68. The molecule has 0 bridgehead atoms. The van der Waals surface area contributed by atoms with Crippen LogP contribution in [-0.4, -0.2) is 34.0 Å². The number of aromatic amines is 2. The number of carbonyl (C=O) groups excluding carboxylic acids is 2. The van der Waals surface area contributed by atoms with Gasteiger partial charge in [0.1, 0.15) is 5.69 Å². The topological polar surface area (TPSA) is 125 Å². The minimum Gasteiger partial charge on any atom is -0.336 e. The van der Waals surface area contributed by atoms with Crippen LogP contribution in [0, 0.1) is 62.8 Å². The number of hydrogen-bond acceptors (Lipinski definition) is 6. The average molecular weight is 946 g/mol. The molecule has 0 unspecified atom stereocenters. The molecule has 0 aliphatic carbocycles. The van der Waals surface area contributed by atoms with Gasteiger partial charge in [-0.2, -0.15) is 24.6 Å². The van der Waals surface area contributed by atoms with Crippen molar-refractivity contribution in [1.29, 1.82) is 0 Å². The maximum Gasteiger partial charge on any atom is 1.00 e. The number of aliphatic imine (C=N–C) groups is 2. The van der Waals surface area contributed by atoms with Gasteiger partial charge in [-0.1, -0.05) is 54.1 Å². The molecule has 0 atom stereocenters. The summed E-state index contributed by atoms with van der Waals surface area (Å²) in [7, 11) is 0. The number of rotatable bonds is 8. The summed E-state index contributed by atoms with van der Waals surface area (Å²) in [6, 6.07) is 36.9. The standard InChI is InChI=1S/C22H19N2O2.C19H9F5N2O2.C7H7.Cu.Fe/c1-14-11-15(2)21(16(3)12-14)24-13-19(25)18-9-10-23-22(26)20(18)17-7-5-4-6-8-17;20-13-14(21)16(23)18(17(24)15(13)22)25-8-12(27)10-6-7-11(26-19(10)28)9-4-2-1-3-5-9;1-7-5-3-2-4-6-7;;/h4-7,9-13H,1-3H3,(H,23,26);1-8H,(H,26,28);2-6H,1H2;;/q-1;;-1;+1;. The number of carbonyl (C=O) groups is 2. The molecule has 0 aliphatic rings. The molecule has 5 aromatic carbocycles. The normalized spacial score (nSPS) is 10.5. The van der Waals surface area contributed by atoms with E-state index in [4.69, 9.17) is 0 Å². The van der Waals surface area contributed by atoms with Crippen LogP contribution in [0.1, 0.15) is 43.0 Å². The maximum absolute atomic E-state index is 13.6. The summed E-state index contributed by atoms with van der Waals surface area (Å²) in [5.74, 6) is -12.5. The monoisotopic (exact) mass is 945 g/mol. The Labute approximate surface area is 380 Å². The number of halogens is 5. The third kappa shape index (κ3) is 12.9. The van der Waals surface area contributed by atoms with Gasteiger partial charge >= 0.3 is 17.1 Å². The summed E-state index contributed by atoms with van der Waals surface area (Å²) < 4.78 is 66.4.